The maximum Gasteiger partial charge on any atom is 0.240 e. The average molecular weight is 489 g/mol. The van der Waals surface area contributed by atoms with Gasteiger partial charge in [0.1, 0.15) is 5.92 Å². The Kier molecular flexibility index (Phi) is 7.63. The van der Waals surface area contributed by atoms with E-state index in [1.165, 1.54) is 0 Å². The van der Waals surface area contributed by atoms with Gasteiger partial charge >= 0.3 is 0 Å². The Hall–Kier alpha value is -3.48. The third kappa shape index (κ3) is 5.45. The minimum Gasteiger partial charge on any atom is -0.325 e. The second kappa shape index (κ2) is 10.8. The van der Waals surface area contributed by atoms with Gasteiger partial charge in [-0.15, -0.1) is 0 Å². The summed E-state index contributed by atoms with van der Waals surface area (Å²) in [5, 5.41) is 3.50. The van der Waals surface area contributed by atoms with Gasteiger partial charge in [-0.2, -0.15) is 0 Å². The summed E-state index contributed by atoms with van der Waals surface area (Å²) < 4.78 is 0. The highest BCUT2D eigenvalue weighted by Gasteiger charge is 2.35. The number of carbonyl (C=O) groups excluding carboxylic acids is 2. The van der Waals surface area contributed by atoms with Gasteiger partial charge in [0.05, 0.1) is 17.9 Å². The van der Waals surface area contributed by atoms with Crippen molar-refractivity contribution >= 4 is 46.2 Å². The van der Waals surface area contributed by atoms with Crippen LogP contribution in [0.1, 0.15) is 30.9 Å². The molecule has 1 unspecified atom stereocenters. The molecule has 3 aromatic carbocycles. The van der Waals surface area contributed by atoms with E-state index in [9.17, 15) is 9.59 Å². The molecule has 0 saturated heterocycles. The topological polar surface area (TPSA) is 65.0 Å². The number of anilines is 2. The number of aliphatic imine (C=N–C) groups is 1. The van der Waals surface area contributed by atoms with Crippen LogP contribution in [0, 0.1) is 0 Å². The zero-order valence-corrected chi connectivity index (χ0v) is 20.9. The first-order valence-corrected chi connectivity index (χ1v) is 12.1. The van der Waals surface area contributed by atoms with Crippen molar-refractivity contribution in [2.24, 2.45) is 4.99 Å². The fourth-order valence-electron chi connectivity index (χ4n) is 4.19. The molecule has 6 nitrogen and oxygen atoms in total. The minimum absolute atomic E-state index is 0.0350. The van der Waals surface area contributed by atoms with Crippen LogP contribution in [0.5, 0.6) is 0 Å². The SMILES string of the molecule is CCN(CC)CC(=O)N(C)c1ccc(N=C(c2ccccc2)C2C(=O)Nc3cc(Cl)ccc32)cc1. The predicted molar refractivity (Wildman–Crippen MR) is 143 cm³/mol. The number of benzene rings is 3. The first kappa shape index (κ1) is 24.6. The zero-order valence-electron chi connectivity index (χ0n) is 20.2. The largest absolute Gasteiger partial charge is 0.325 e. The monoisotopic (exact) mass is 488 g/mol. The Morgan fingerprint density at radius 1 is 1.00 bits per heavy atom. The van der Waals surface area contributed by atoms with Gasteiger partial charge in [-0.1, -0.05) is 61.8 Å². The standard InChI is InChI=1S/C28H29ClN4O2/c1-4-33(5-2)18-25(34)32(3)22-14-12-21(13-15-22)30-27(19-9-7-6-8-10-19)26-23-16-11-20(29)17-24(23)31-28(26)35/h6-17,26H,4-5,18H2,1-3H3,(H,31,35). The van der Waals surface area contributed by atoms with Gasteiger partial charge in [0, 0.05) is 23.4 Å². The lowest BCUT2D eigenvalue weighted by Crippen LogP contribution is -2.38. The minimum atomic E-state index is -0.553. The molecule has 0 spiro atoms. The fraction of sp³-hybridized carbons (Fsp3) is 0.250. The van der Waals surface area contributed by atoms with E-state index in [2.05, 4.69) is 10.2 Å². The Balaban J connectivity index is 1.66. The number of carbonyl (C=O) groups is 2. The Bertz CT molecular complexity index is 1240. The molecule has 0 saturated carbocycles. The molecule has 0 fully saturated rings. The number of nitrogens with zero attached hydrogens (tertiary/aromatic N) is 3. The van der Waals surface area contributed by atoms with Crippen LogP contribution in [-0.2, 0) is 9.59 Å². The molecule has 3 aromatic rings. The van der Waals surface area contributed by atoms with Crippen LogP contribution < -0.4 is 10.2 Å². The van der Waals surface area contributed by atoms with Crippen LogP contribution in [0.2, 0.25) is 5.02 Å². The van der Waals surface area contributed by atoms with Gasteiger partial charge in [-0.3, -0.25) is 19.5 Å². The van der Waals surface area contributed by atoms with Crippen LogP contribution in [0.25, 0.3) is 0 Å². The van der Waals surface area contributed by atoms with Crippen LogP contribution in [-0.4, -0.2) is 49.1 Å². The number of fused-ring (bicyclic) bond motifs is 1. The average Bonchev–Trinajstić information content (AvgIpc) is 3.20. The van der Waals surface area contributed by atoms with Crippen molar-refractivity contribution in [2.75, 3.05) is 36.9 Å². The molecule has 1 N–H and O–H groups in total. The lowest BCUT2D eigenvalue weighted by atomic mass is 9.90. The molecule has 180 valence electrons. The van der Waals surface area contributed by atoms with E-state index in [0.29, 0.717) is 28.7 Å². The van der Waals surface area contributed by atoms with E-state index >= 15 is 0 Å². The van der Waals surface area contributed by atoms with Crippen LogP contribution >= 0.6 is 11.6 Å². The summed E-state index contributed by atoms with van der Waals surface area (Å²) in [6.07, 6.45) is 0. The summed E-state index contributed by atoms with van der Waals surface area (Å²) in [6, 6.07) is 22.6. The highest BCUT2D eigenvalue weighted by atomic mass is 35.5. The number of rotatable bonds is 8. The van der Waals surface area contributed by atoms with Gasteiger partial charge < -0.3 is 10.2 Å². The second-order valence-electron chi connectivity index (χ2n) is 8.45. The molecule has 7 heteroatoms. The van der Waals surface area contributed by atoms with Crippen LogP contribution in [0.15, 0.2) is 77.8 Å². The van der Waals surface area contributed by atoms with Crippen molar-refractivity contribution < 1.29 is 9.59 Å². The third-order valence-electron chi connectivity index (χ3n) is 6.30. The summed E-state index contributed by atoms with van der Waals surface area (Å²) in [6.45, 7) is 6.13. The Morgan fingerprint density at radius 2 is 1.69 bits per heavy atom. The fourth-order valence-corrected chi connectivity index (χ4v) is 4.36. The highest BCUT2D eigenvalue weighted by Crippen LogP contribution is 2.37. The maximum atomic E-state index is 13.0. The molecular weight excluding hydrogens is 460 g/mol. The van der Waals surface area contributed by atoms with Crippen molar-refractivity contribution in [1.82, 2.24) is 4.90 Å². The Labute approximate surface area is 211 Å². The van der Waals surface area contributed by atoms with Crippen molar-refractivity contribution in [3.63, 3.8) is 0 Å². The molecule has 1 aliphatic heterocycles. The number of hydrogen-bond acceptors (Lipinski definition) is 4. The van der Waals surface area contributed by atoms with Crippen molar-refractivity contribution in [3.05, 3.63) is 88.9 Å². The number of nitrogens with one attached hydrogen (secondary N) is 1. The first-order valence-electron chi connectivity index (χ1n) is 11.7. The quantitative estimate of drug-likeness (QED) is 0.426. The molecule has 4 rings (SSSR count). The van der Waals surface area contributed by atoms with Crippen molar-refractivity contribution in [1.29, 1.82) is 0 Å². The summed E-state index contributed by atoms with van der Waals surface area (Å²) in [7, 11) is 1.78. The van der Waals surface area contributed by atoms with Crippen molar-refractivity contribution in [3.8, 4) is 0 Å². The molecule has 0 aromatic heterocycles. The van der Waals surface area contributed by atoms with Gasteiger partial charge in [-0.25, -0.2) is 0 Å². The molecule has 0 radical (unpaired) electrons. The number of amides is 2. The number of hydrogen-bond donors (Lipinski definition) is 1. The van der Waals surface area contributed by atoms with E-state index in [1.54, 1.807) is 24.1 Å². The molecule has 35 heavy (non-hydrogen) atoms. The van der Waals surface area contributed by atoms with Gasteiger partial charge in [0.2, 0.25) is 11.8 Å². The van der Waals surface area contributed by atoms with E-state index < -0.39 is 5.92 Å². The summed E-state index contributed by atoms with van der Waals surface area (Å²) in [5.41, 5.74) is 4.57. The zero-order chi connectivity index (χ0) is 24.9. The first-order chi connectivity index (χ1) is 16.9. The summed E-state index contributed by atoms with van der Waals surface area (Å²) in [4.78, 5) is 34.4. The lowest BCUT2D eigenvalue weighted by Gasteiger charge is -2.23. The molecule has 0 bridgehead atoms. The molecular formula is C28H29ClN4O2. The maximum absolute atomic E-state index is 13.0. The van der Waals surface area contributed by atoms with E-state index in [4.69, 9.17) is 16.6 Å². The highest BCUT2D eigenvalue weighted by molar-refractivity contribution is 6.31. The number of halogens is 1. The summed E-state index contributed by atoms with van der Waals surface area (Å²) in [5.74, 6) is -0.654. The van der Waals surface area contributed by atoms with E-state index in [1.807, 2.05) is 74.5 Å². The van der Waals surface area contributed by atoms with Gasteiger partial charge in [0.15, 0.2) is 0 Å². The van der Waals surface area contributed by atoms with Crippen LogP contribution in [0.4, 0.5) is 17.1 Å². The van der Waals surface area contributed by atoms with E-state index in [0.717, 1.165) is 29.9 Å². The second-order valence-corrected chi connectivity index (χ2v) is 8.88. The predicted octanol–water partition coefficient (Wildman–Crippen LogP) is 5.50. The summed E-state index contributed by atoms with van der Waals surface area (Å²) >= 11 is 6.14. The van der Waals surface area contributed by atoms with Gasteiger partial charge in [-0.05, 0) is 60.6 Å². The van der Waals surface area contributed by atoms with Gasteiger partial charge in [0.25, 0.3) is 0 Å². The third-order valence-corrected chi connectivity index (χ3v) is 6.54. The lowest BCUT2D eigenvalue weighted by molar-refractivity contribution is -0.119. The molecule has 0 aliphatic carbocycles. The molecule has 1 aliphatic rings. The van der Waals surface area contributed by atoms with Crippen LogP contribution in [0.3, 0.4) is 0 Å². The normalized spacial score (nSPS) is 15.2. The molecule has 1 heterocycles. The molecule has 1 atom stereocenters. The smallest absolute Gasteiger partial charge is 0.240 e. The van der Waals surface area contributed by atoms with E-state index in [-0.39, 0.29) is 11.8 Å². The molecule has 2 amide bonds. The van der Waals surface area contributed by atoms with Crippen molar-refractivity contribution in [2.45, 2.75) is 19.8 Å². The Morgan fingerprint density at radius 3 is 2.34 bits per heavy atom. The number of likely N-dealkylation sites (N-methyl/N-ethyl adjacent to an activating group) is 2.